The van der Waals surface area contributed by atoms with E-state index in [1.807, 2.05) is 13.8 Å². The smallest absolute Gasteiger partial charge is 0.225 e. The van der Waals surface area contributed by atoms with E-state index in [1.54, 1.807) is 0 Å². The standard InChI is InChI=1S/C19H36N2O/c1-14(2)17-6-9-20(10-7-17)13-18-8-11-21(12-16(18)5)19(22)15(3)4/h14-18H,6-13H2,1-5H3/t16-,18-/m0/s1. The van der Waals surface area contributed by atoms with Crippen LogP contribution in [-0.2, 0) is 4.79 Å². The topological polar surface area (TPSA) is 23.6 Å². The highest BCUT2D eigenvalue weighted by molar-refractivity contribution is 5.78. The molecule has 0 aromatic rings. The largest absolute Gasteiger partial charge is 0.342 e. The Morgan fingerprint density at radius 3 is 2.18 bits per heavy atom. The molecule has 2 saturated heterocycles. The van der Waals surface area contributed by atoms with E-state index in [9.17, 15) is 4.79 Å². The van der Waals surface area contributed by atoms with Crippen molar-refractivity contribution in [3.63, 3.8) is 0 Å². The van der Waals surface area contributed by atoms with Gasteiger partial charge in [-0.2, -0.15) is 0 Å². The van der Waals surface area contributed by atoms with Crippen LogP contribution in [0.15, 0.2) is 0 Å². The number of likely N-dealkylation sites (tertiary alicyclic amines) is 2. The summed E-state index contributed by atoms with van der Waals surface area (Å²) in [4.78, 5) is 16.9. The number of amides is 1. The molecule has 0 bridgehead atoms. The van der Waals surface area contributed by atoms with Gasteiger partial charge in [0.25, 0.3) is 0 Å². The lowest BCUT2D eigenvalue weighted by molar-refractivity contribution is -0.137. The number of hydrogen-bond donors (Lipinski definition) is 0. The maximum Gasteiger partial charge on any atom is 0.225 e. The summed E-state index contributed by atoms with van der Waals surface area (Å²) in [5.41, 5.74) is 0. The maximum atomic E-state index is 12.2. The number of carbonyl (C=O) groups excluding carboxylic acids is 1. The van der Waals surface area contributed by atoms with Crippen LogP contribution in [0.2, 0.25) is 0 Å². The van der Waals surface area contributed by atoms with Gasteiger partial charge in [0, 0.05) is 25.6 Å². The molecule has 2 atom stereocenters. The van der Waals surface area contributed by atoms with Crippen LogP contribution in [0, 0.1) is 29.6 Å². The van der Waals surface area contributed by atoms with Crippen LogP contribution >= 0.6 is 0 Å². The Kier molecular flexibility index (Phi) is 6.31. The zero-order valence-electron chi connectivity index (χ0n) is 15.3. The van der Waals surface area contributed by atoms with E-state index in [-0.39, 0.29) is 5.92 Å². The molecule has 1 amide bonds. The summed E-state index contributed by atoms with van der Waals surface area (Å²) in [5.74, 6) is 3.65. The summed E-state index contributed by atoms with van der Waals surface area (Å²) >= 11 is 0. The minimum absolute atomic E-state index is 0.138. The van der Waals surface area contributed by atoms with Crippen LogP contribution in [-0.4, -0.2) is 48.4 Å². The second kappa shape index (κ2) is 7.81. The Morgan fingerprint density at radius 2 is 1.68 bits per heavy atom. The van der Waals surface area contributed by atoms with Gasteiger partial charge in [-0.15, -0.1) is 0 Å². The number of hydrogen-bond acceptors (Lipinski definition) is 2. The lowest BCUT2D eigenvalue weighted by Crippen LogP contribution is -2.48. The molecule has 0 N–H and O–H groups in total. The predicted molar refractivity (Wildman–Crippen MR) is 92.7 cm³/mol. The van der Waals surface area contributed by atoms with E-state index in [0.717, 1.165) is 30.8 Å². The number of rotatable bonds is 4. The Bertz CT molecular complexity index is 358. The van der Waals surface area contributed by atoms with Crippen LogP contribution < -0.4 is 0 Å². The molecular formula is C19H36N2O. The molecule has 0 aromatic heterocycles. The first-order chi connectivity index (χ1) is 10.4. The summed E-state index contributed by atoms with van der Waals surface area (Å²) < 4.78 is 0. The third-order valence-corrected chi connectivity index (χ3v) is 5.96. The maximum absolute atomic E-state index is 12.2. The number of carbonyl (C=O) groups is 1. The minimum atomic E-state index is 0.138. The fourth-order valence-electron chi connectivity index (χ4n) is 4.16. The summed E-state index contributed by atoms with van der Waals surface area (Å²) in [6.07, 6.45) is 3.93. The molecule has 128 valence electrons. The van der Waals surface area contributed by atoms with Gasteiger partial charge >= 0.3 is 0 Å². The SMILES string of the molecule is CC(C)C(=O)N1CC[C@@H](CN2CCC(C(C)C)CC2)[C@@H](C)C1. The molecule has 2 heterocycles. The fourth-order valence-corrected chi connectivity index (χ4v) is 4.16. The number of nitrogens with zero attached hydrogens (tertiary/aromatic N) is 2. The molecule has 2 rings (SSSR count). The fraction of sp³-hybridized carbons (Fsp3) is 0.947. The molecule has 0 aliphatic carbocycles. The van der Waals surface area contributed by atoms with Crippen molar-refractivity contribution in [2.24, 2.45) is 29.6 Å². The van der Waals surface area contributed by atoms with Crippen LogP contribution in [0.4, 0.5) is 0 Å². The molecule has 2 aliphatic heterocycles. The quantitative estimate of drug-likeness (QED) is 0.793. The van der Waals surface area contributed by atoms with E-state index < -0.39 is 0 Å². The number of piperidine rings is 2. The van der Waals surface area contributed by atoms with Crippen molar-refractivity contribution in [2.75, 3.05) is 32.7 Å². The van der Waals surface area contributed by atoms with Crippen LogP contribution in [0.25, 0.3) is 0 Å². The first-order valence-electron chi connectivity index (χ1n) is 9.39. The molecule has 0 unspecified atom stereocenters. The second-order valence-corrected chi connectivity index (χ2v) is 8.35. The van der Waals surface area contributed by atoms with E-state index in [0.29, 0.717) is 11.8 Å². The van der Waals surface area contributed by atoms with Gasteiger partial charge in [0.15, 0.2) is 0 Å². The molecular weight excluding hydrogens is 272 g/mol. The van der Waals surface area contributed by atoms with Gasteiger partial charge in [0.05, 0.1) is 0 Å². The summed E-state index contributed by atoms with van der Waals surface area (Å²) in [7, 11) is 0. The van der Waals surface area contributed by atoms with Crippen molar-refractivity contribution in [1.29, 1.82) is 0 Å². The van der Waals surface area contributed by atoms with Crippen molar-refractivity contribution in [1.82, 2.24) is 9.80 Å². The van der Waals surface area contributed by atoms with Crippen LogP contribution in [0.3, 0.4) is 0 Å². The van der Waals surface area contributed by atoms with Crippen molar-refractivity contribution in [2.45, 2.75) is 53.9 Å². The molecule has 0 saturated carbocycles. The van der Waals surface area contributed by atoms with Crippen LogP contribution in [0.1, 0.15) is 53.9 Å². The summed E-state index contributed by atoms with van der Waals surface area (Å²) in [5, 5.41) is 0. The molecule has 0 spiro atoms. The Labute approximate surface area is 137 Å². The predicted octanol–water partition coefficient (Wildman–Crippen LogP) is 3.50. The van der Waals surface area contributed by atoms with Crippen LogP contribution in [0.5, 0.6) is 0 Å². The van der Waals surface area contributed by atoms with E-state index in [4.69, 9.17) is 0 Å². The molecule has 0 aromatic carbocycles. The van der Waals surface area contributed by atoms with Crippen molar-refractivity contribution >= 4 is 5.91 Å². The molecule has 2 fully saturated rings. The monoisotopic (exact) mass is 308 g/mol. The first kappa shape index (κ1) is 17.8. The molecule has 22 heavy (non-hydrogen) atoms. The normalized spacial score (nSPS) is 28.6. The highest BCUT2D eigenvalue weighted by Crippen LogP contribution is 2.29. The molecule has 3 nitrogen and oxygen atoms in total. The summed E-state index contributed by atoms with van der Waals surface area (Å²) in [6.45, 7) is 16.8. The zero-order valence-corrected chi connectivity index (χ0v) is 15.3. The molecule has 0 radical (unpaired) electrons. The highest BCUT2D eigenvalue weighted by atomic mass is 16.2. The van der Waals surface area contributed by atoms with Gasteiger partial charge in [-0.1, -0.05) is 34.6 Å². The van der Waals surface area contributed by atoms with E-state index in [1.165, 1.54) is 38.9 Å². The van der Waals surface area contributed by atoms with Gasteiger partial charge in [-0.25, -0.2) is 0 Å². The van der Waals surface area contributed by atoms with Gasteiger partial charge in [0.1, 0.15) is 0 Å². The van der Waals surface area contributed by atoms with E-state index >= 15 is 0 Å². The Hall–Kier alpha value is -0.570. The van der Waals surface area contributed by atoms with Gasteiger partial charge in [-0.3, -0.25) is 4.79 Å². The van der Waals surface area contributed by atoms with Gasteiger partial charge in [-0.05, 0) is 56.0 Å². The van der Waals surface area contributed by atoms with Gasteiger partial charge < -0.3 is 9.80 Å². The third-order valence-electron chi connectivity index (χ3n) is 5.96. The van der Waals surface area contributed by atoms with Gasteiger partial charge in [0.2, 0.25) is 5.91 Å². The molecule has 3 heteroatoms. The average molecular weight is 309 g/mol. The van der Waals surface area contributed by atoms with Crippen molar-refractivity contribution in [3.8, 4) is 0 Å². The third kappa shape index (κ3) is 4.47. The summed E-state index contributed by atoms with van der Waals surface area (Å²) in [6, 6.07) is 0. The van der Waals surface area contributed by atoms with Crippen molar-refractivity contribution in [3.05, 3.63) is 0 Å². The lowest BCUT2D eigenvalue weighted by atomic mass is 9.83. The Balaban J connectivity index is 1.77. The minimum Gasteiger partial charge on any atom is -0.342 e. The van der Waals surface area contributed by atoms with Crippen molar-refractivity contribution < 1.29 is 4.79 Å². The molecule has 2 aliphatic rings. The average Bonchev–Trinajstić information content (AvgIpc) is 2.49. The Morgan fingerprint density at radius 1 is 1.05 bits per heavy atom. The first-order valence-corrected chi connectivity index (χ1v) is 9.39. The highest BCUT2D eigenvalue weighted by Gasteiger charge is 2.31. The second-order valence-electron chi connectivity index (χ2n) is 8.35. The van der Waals surface area contributed by atoms with E-state index in [2.05, 4.69) is 30.6 Å². The lowest BCUT2D eigenvalue weighted by Gasteiger charge is -2.41. The zero-order chi connectivity index (χ0) is 16.3.